The normalized spacial score (nSPS) is 19.7. The number of hydrogen-bond acceptors (Lipinski definition) is 5. The number of rotatable bonds is 4. The molecule has 4 nitrogen and oxygen atoms in total. The smallest absolute Gasteiger partial charge is 0.175 e. The molecule has 2 heterocycles. The Morgan fingerprint density at radius 2 is 1.92 bits per heavy atom. The molecular formula is C20H24N2O2S2. The monoisotopic (exact) mass is 388 g/mol. The van der Waals surface area contributed by atoms with E-state index in [0.717, 1.165) is 30.1 Å². The number of sulfone groups is 1. The fourth-order valence-corrected chi connectivity index (χ4v) is 5.45. The van der Waals surface area contributed by atoms with Crippen LogP contribution in [0.2, 0.25) is 0 Å². The Hall–Kier alpha value is -1.50. The Kier molecular flexibility index (Phi) is 4.99. The molecule has 0 spiro atoms. The molecule has 1 atom stereocenters. The van der Waals surface area contributed by atoms with Crippen LogP contribution in [-0.4, -0.2) is 33.8 Å². The Labute approximate surface area is 159 Å². The molecule has 0 aromatic heterocycles. The maximum absolute atomic E-state index is 12.0. The number of fused-ring (bicyclic) bond motifs is 2. The topological polar surface area (TPSA) is 49.4 Å². The first-order valence-electron chi connectivity index (χ1n) is 9.14. The predicted molar refractivity (Wildman–Crippen MR) is 107 cm³/mol. The van der Waals surface area contributed by atoms with Crippen molar-refractivity contribution in [1.82, 2.24) is 5.32 Å². The summed E-state index contributed by atoms with van der Waals surface area (Å²) < 4.78 is 24.1. The van der Waals surface area contributed by atoms with E-state index in [-0.39, 0.29) is 0 Å². The highest BCUT2D eigenvalue weighted by molar-refractivity contribution is 7.99. The SMILES string of the molecule is CS(=O)(=O)c1ccc2c(c1)N(CCC1CCCCN1)c1ccccc1S2. The Morgan fingerprint density at radius 1 is 1.12 bits per heavy atom. The first-order valence-corrected chi connectivity index (χ1v) is 11.8. The fraction of sp³-hybridized carbons (Fsp3) is 0.400. The van der Waals surface area contributed by atoms with E-state index in [2.05, 4.69) is 34.5 Å². The first kappa shape index (κ1) is 17.9. The van der Waals surface area contributed by atoms with Crippen LogP contribution >= 0.6 is 11.8 Å². The van der Waals surface area contributed by atoms with Gasteiger partial charge in [0.05, 0.1) is 16.3 Å². The van der Waals surface area contributed by atoms with Crippen LogP contribution in [0.25, 0.3) is 0 Å². The Balaban J connectivity index is 1.69. The highest BCUT2D eigenvalue weighted by Gasteiger charge is 2.25. The molecule has 1 saturated heterocycles. The van der Waals surface area contributed by atoms with Gasteiger partial charge in [0.15, 0.2) is 9.84 Å². The van der Waals surface area contributed by atoms with Crippen LogP contribution in [0.1, 0.15) is 25.7 Å². The van der Waals surface area contributed by atoms with Crippen molar-refractivity contribution >= 4 is 33.0 Å². The molecule has 0 bridgehead atoms. The summed E-state index contributed by atoms with van der Waals surface area (Å²) in [5.74, 6) is 0. The zero-order chi connectivity index (χ0) is 18.1. The number of anilines is 2. The van der Waals surface area contributed by atoms with Crippen molar-refractivity contribution < 1.29 is 8.42 Å². The molecule has 0 amide bonds. The fourth-order valence-electron chi connectivity index (χ4n) is 3.74. The summed E-state index contributed by atoms with van der Waals surface area (Å²) in [4.78, 5) is 5.03. The molecule has 0 saturated carbocycles. The molecule has 2 aromatic carbocycles. The number of para-hydroxylation sites is 1. The summed E-state index contributed by atoms with van der Waals surface area (Å²) in [6, 6.07) is 14.4. The van der Waals surface area contributed by atoms with Gasteiger partial charge in [0.2, 0.25) is 0 Å². The summed E-state index contributed by atoms with van der Waals surface area (Å²) in [7, 11) is -3.22. The van der Waals surface area contributed by atoms with Gasteiger partial charge in [0.1, 0.15) is 0 Å². The average Bonchev–Trinajstić information content (AvgIpc) is 2.65. The van der Waals surface area contributed by atoms with Gasteiger partial charge in [-0.2, -0.15) is 0 Å². The van der Waals surface area contributed by atoms with Crippen LogP contribution in [0, 0.1) is 0 Å². The molecule has 0 radical (unpaired) electrons. The van der Waals surface area contributed by atoms with Gasteiger partial charge in [-0.1, -0.05) is 30.3 Å². The van der Waals surface area contributed by atoms with Gasteiger partial charge in [0, 0.05) is 28.6 Å². The number of nitrogens with zero attached hydrogens (tertiary/aromatic N) is 1. The third-order valence-corrected chi connectivity index (χ3v) is 7.38. The van der Waals surface area contributed by atoms with Crippen molar-refractivity contribution in [2.24, 2.45) is 0 Å². The quantitative estimate of drug-likeness (QED) is 0.850. The number of piperidine rings is 1. The van der Waals surface area contributed by atoms with E-state index in [1.807, 2.05) is 12.1 Å². The van der Waals surface area contributed by atoms with Crippen LogP contribution in [0.4, 0.5) is 11.4 Å². The van der Waals surface area contributed by atoms with E-state index in [1.165, 1.54) is 36.1 Å². The van der Waals surface area contributed by atoms with Crippen molar-refractivity contribution in [2.75, 3.05) is 24.2 Å². The van der Waals surface area contributed by atoms with Gasteiger partial charge >= 0.3 is 0 Å². The van der Waals surface area contributed by atoms with Gasteiger partial charge in [-0.25, -0.2) is 8.42 Å². The van der Waals surface area contributed by atoms with Gasteiger partial charge in [-0.15, -0.1) is 0 Å². The molecule has 2 aliphatic rings. The highest BCUT2D eigenvalue weighted by atomic mass is 32.2. The molecule has 1 unspecified atom stereocenters. The minimum Gasteiger partial charge on any atom is -0.340 e. The largest absolute Gasteiger partial charge is 0.340 e. The van der Waals surface area contributed by atoms with Gasteiger partial charge in [-0.05, 0) is 56.1 Å². The minimum atomic E-state index is -3.22. The third kappa shape index (κ3) is 3.63. The standard InChI is InChI=1S/C20H24N2O2S2/c1-26(23,24)16-9-10-20-18(14-16)22(13-11-15-6-4-5-12-21-15)17-7-2-3-8-19(17)25-20/h2-3,7-10,14-15,21H,4-6,11-13H2,1H3. The molecule has 26 heavy (non-hydrogen) atoms. The lowest BCUT2D eigenvalue weighted by atomic mass is 10.0. The second kappa shape index (κ2) is 7.25. The summed E-state index contributed by atoms with van der Waals surface area (Å²) in [5.41, 5.74) is 2.18. The van der Waals surface area contributed by atoms with E-state index >= 15 is 0 Å². The predicted octanol–water partition coefficient (Wildman–Crippen LogP) is 4.23. The van der Waals surface area contributed by atoms with E-state index < -0.39 is 9.84 Å². The third-order valence-electron chi connectivity index (χ3n) is 5.14. The number of benzene rings is 2. The number of hydrogen-bond donors (Lipinski definition) is 1. The zero-order valence-corrected chi connectivity index (χ0v) is 16.6. The number of nitrogens with one attached hydrogen (secondary N) is 1. The van der Waals surface area contributed by atoms with Gasteiger partial charge < -0.3 is 10.2 Å². The van der Waals surface area contributed by atoms with Crippen LogP contribution in [0.5, 0.6) is 0 Å². The van der Waals surface area contributed by atoms with Crippen molar-refractivity contribution in [3.05, 3.63) is 42.5 Å². The molecule has 4 rings (SSSR count). The van der Waals surface area contributed by atoms with E-state index in [1.54, 1.807) is 17.8 Å². The molecule has 138 valence electrons. The summed E-state index contributed by atoms with van der Waals surface area (Å²) in [5, 5.41) is 3.61. The highest BCUT2D eigenvalue weighted by Crippen LogP contribution is 2.48. The Bertz CT molecular complexity index is 906. The summed E-state index contributed by atoms with van der Waals surface area (Å²) in [6.45, 7) is 1.99. The lowest BCUT2D eigenvalue weighted by molar-refractivity contribution is 0.385. The summed E-state index contributed by atoms with van der Waals surface area (Å²) in [6.07, 6.45) is 6.11. The summed E-state index contributed by atoms with van der Waals surface area (Å²) >= 11 is 1.71. The van der Waals surface area contributed by atoms with Crippen molar-refractivity contribution in [1.29, 1.82) is 0 Å². The maximum atomic E-state index is 12.0. The molecule has 2 aliphatic heterocycles. The second-order valence-corrected chi connectivity index (χ2v) is 10.2. The Morgan fingerprint density at radius 3 is 2.69 bits per heavy atom. The van der Waals surface area contributed by atoms with Crippen LogP contribution in [0.3, 0.4) is 0 Å². The van der Waals surface area contributed by atoms with Crippen molar-refractivity contribution in [3.63, 3.8) is 0 Å². The zero-order valence-electron chi connectivity index (χ0n) is 14.9. The second-order valence-electron chi connectivity index (χ2n) is 7.06. The van der Waals surface area contributed by atoms with E-state index in [0.29, 0.717) is 10.9 Å². The van der Waals surface area contributed by atoms with E-state index in [9.17, 15) is 8.42 Å². The molecule has 0 aliphatic carbocycles. The van der Waals surface area contributed by atoms with Crippen molar-refractivity contribution in [2.45, 2.75) is 46.4 Å². The lowest BCUT2D eigenvalue weighted by Crippen LogP contribution is -2.37. The van der Waals surface area contributed by atoms with Crippen LogP contribution in [0.15, 0.2) is 57.2 Å². The molecule has 6 heteroatoms. The maximum Gasteiger partial charge on any atom is 0.175 e. The van der Waals surface area contributed by atoms with Gasteiger partial charge in [0.25, 0.3) is 0 Å². The molecule has 2 aromatic rings. The van der Waals surface area contributed by atoms with E-state index in [4.69, 9.17) is 0 Å². The van der Waals surface area contributed by atoms with Crippen LogP contribution < -0.4 is 10.2 Å². The molecule has 1 N–H and O–H groups in total. The minimum absolute atomic E-state index is 0.386. The first-order chi connectivity index (χ1) is 12.5. The average molecular weight is 389 g/mol. The lowest BCUT2D eigenvalue weighted by Gasteiger charge is -2.34. The molecule has 1 fully saturated rings. The van der Waals surface area contributed by atoms with Crippen molar-refractivity contribution in [3.8, 4) is 0 Å². The van der Waals surface area contributed by atoms with Crippen LogP contribution in [-0.2, 0) is 9.84 Å². The molecular weight excluding hydrogens is 364 g/mol. The van der Waals surface area contributed by atoms with Gasteiger partial charge in [-0.3, -0.25) is 0 Å².